The minimum Gasteiger partial charge on any atom is -0.294 e. The first-order valence-electron chi connectivity index (χ1n) is 8.22. The van der Waals surface area contributed by atoms with Gasteiger partial charge in [0.15, 0.2) is 33.4 Å². The summed E-state index contributed by atoms with van der Waals surface area (Å²) in [5.74, 6) is 0.476. The molecule has 0 amide bonds. The van der Waals surface area contributed by atoms with E-state index in [1.807, 2.05) is 18.2 Å². The summed E-state index contributed by atoms with van der Waals surface area (Å²) in [5.41, 5.74) is 7.48. The maximum absolute atomic E-state index is 13.0. The molecule has 1 atom stereocenters. The van der Waals surface area contributed by atoms with E-state index in [0.717, 1.165) is 5.56 Å². The Labute approximate surface area is 161 Å². The first-order chi connectivity index (χ1) is 13.6. The minimum absolute atomic E-state index is 0.140. The number of imidazole rings is 1. The quantitative estimate of drug-likeness (QED) is 0.498. The van der Waals surface area contributed by atoms with Crippen molar-refractivity contribution in [3.05, 3.63) is 60.8 Å². The highest BCUT2D eigenvalue weighted by Crippen LogP contribution is 2.25. The van der Waals surface area contributed by atoms with E-state index in [9.17, 15) is 13.3 Å². The van der Waals surface area contributed by atoms with Gasteiger partial charge in [-0.2, -0.15) is 4.55 Å². The maximum Gasteiger partial charge on any atom is 0.281 e. The molecule has 3 aromatic heterocycles. The minimum atomic E-state index is -2.69. The predicted molar refractivity (Wildman–Crippen MR) is 102 cm³/mol. The molecule has 4 aromatic rings. The molecule has 0 fully saturated rings. The second-order valence-electron chi connectivity index (χ2n) is 5.81. The molecule has 0 bridgehead atoms. The van der Waals surface area contributed by atoms with Crippen LogP contribution in [0.4, 0.5) is 8.78 Å². The lowest BCUT2D eigenvalue weighted by Gasteiger charge is -2.06. The standard InChI is InChI=1S/C18H15F2N6OS/c19-17(20)14-9-26-15(7-24-16(26)8-23-14)18-22-5-4-13(25-18)11-2-1-3-12(6-11)28(27)10-21/h1-9,17,27H,10,21H2/q+1. The van der Waals surface area contributed by atoms with Gasteiger partial charge in [-0.15, -0.1) is 0 Å². The lowest BCUT2D eigenvalue weighted by atomic mass is 10.1. The van der Waals surface area contributed by atoms with Crippen LogP contribution in [0.1, 0.15) is 12.1 Å². The van der Waals surface area contributed by atoms with Crippen LogP contribution in [0.25, 0.3) is 28.4 Å². The molecule has 0 radical (unpaired) electrons. The van der Waals surface area contributed by atoms with E-state index in [1.54, 1.807) is 18.3 Å². The van der Waals surface area contributed by atoms with Crippen molar-refractivity contribution in [2.45, 2.75) is 11.3 Å². The molecule has 0 aliphatic rings. The van der Waals surface area contributed by atoms with Gasteiger partial charge >= 0.3 is 0 Å². The van der Waals surface area contributed by atoms with Crippen LogP contribution in [0.5, 0.6) is 0 Å². The number of nitrogens with zero attached hydrogens (tertiary/aromatic N) is 5. The first-order valence-corrected chi connectivity index (χ1v) is 9.57. The topological polar surface area (TPSA) is 102 Å². The largest absolute Gasteiger partial charge is 0.294 e. The monoisotopic (exact) mass is 401 g/mol. The highest BCUT2D eigenvalue weighted by molar-refractivity contribution is 7.91. The average Bonchev–Trinajstić information content (AvgIpc) is 3.16. The third-order valence-corrected chi connectivity index (χ3v) is 5.20. The van der Waals surface area contributed by atoms with Crippen LogP contribution in [0.15, 0.2) is 60.0 Å². The van der Waals surface area contributed by atoms with Gasteiger partial charge < -0.3 is 0 Å². The normalized spacial score (nSPS) is 12.6. The number of benzene rings is 1. The van der Waals surface area contributed by atoms with E-state index < -0.39 is 17.6 Å². The summed E-state index contributed by atoms with van der Waals surface area (Å²) < 4.78 is 37.5. The Morgan fingerprint density at radius 3 is 2.79 bits per heavy atom. The van der Waals surface area contributed by atoms with Gasteiger partial charge in [0.25, 0.3) is 6.43 Å². The van der Waals surface area contributed by atoms with Crippen molar-refractivity contribution >= 4 is 16.8 Å². The van der Waals surface area contributed by atoms with Crippen molar-refractivity contribution in [2.75, 3.05) is 5.88 Å². The second kappa shape index (κ2) is 7.58. The van der Waals surface area contributed by atoms with Gasteiger partial charge in [0.2, 0.25) is 0 Å². The summed E-state index contributed by atoms with van der Waals surface area (Å²) in [5, 5.41) is 0. The van der Waals surface area contributed by atoms with E-state index in [1.165, 1.54) is 23.0 Å². The number of hydrogen-bond acceptors (Lipinski definition) is 6. The maximum atomic E-state index is 13.0. The highest BCUT2D eigenvalue weighted by atomic mass is 32.2. The molecule has 142 valence electrons. The Morgan fingerprint density at radius 2 is 2.00 bits per heavy atom. The van der Waals surface area contributed by atoms with Crippen molar-refractivity contribution in [3.8, 4) is 22.8 Å². The molecular weight excluding hydrogens is 386 g/mol. The van der Waals surface area contributed by atoms with Gasteiger partial charge in [0.05, 0.1) is 18.1 Å². The van der Waals surface area contributed by atoms with E-state index in [-0.39, 0.29) is 11.6 Å². The van der Waals surface area contributed by atoms with E-state index in [4.69, 9.17) is 5.73 Å². The van der Waals surface area contributed by atoms with Crippen LogP contribution in [0, 0.1) is 0 Å². The zero-order chi connectivity index (χ0) is 19.7. The fourth-order valence-corrected chi connectivity index (χ4v) is 3.41. The number of hydrogen-bond donors (Lipinski definition) is 2. The third-order valence-electron chi connectivity index (χ3n) is 4.08. The van der Waals surface area contributed by atoms with Gasteiger partial charge in [-0.1, -0.05) is 12.1 Å². The molecule has 0 saturated heterocycles. The van der Waals surface area contributed by atoms with Crippen molar-refractivity contribution in [2.24, 2.45) is 5.73 Å². The smallest absolute Gasteiger partial charge is 0.281 e. The second-order valence-corrected chi connectivity index (χ2v) is 7.34. The summed E-state index contributed by atoms with van der Waals surface area (Å²) in [4.78, 5) is 17.4. The van der Waals surface area contributed by atoms with E-state index in [2.05, 4.69) is 19.9 Å². The van der Waals surface area contributed by atoms with Crippen LogP contribution < -0.4 is 5.73 Å². The van der Waals surface area contributed by atoms with Crippen LogP contribution >= 0.6 is 0 Å². The Hall–Kier alpha value is -2.95. The Balaban J connectivity index is 1.78. The molecule has 1 unspecified atom stereocenters. The summed E-state index contributed by atoms with van der Waals surface area (Å²) in [6, 6.07) is 9.01. The van der Waals surface area contributed by atoms with Crippen LogP contribution in [0.2, 0.25) is 0 Å². The summed E-state index contributed by atoms with van der Waals surface area (Å²) in [6.45, 7) is 0. The molecule has 0 aliphatic heterocycles. The molecule has 0 aliphatic carbocycles. The zero-order valence-corrected chi connectivity index (χ0v) is 15.2. The number of alkyl halides is 2. The van der Waals surface area contributed by atoms with Crippen LogP contribution in [-0.4, -0.2) is 34.8 Å². The molecule has 0 spiro atoms. The first kappa shape index (κ1) is 18.4. The predicted octanol–water partition coefficient (Wildman–Crippen LogP) is 3.16. The number of aromatic nitrogens is 5. The van der Waals surface area contributed by atoms with Crippen molar-refractivity contribution in [1.82, 2.24) is 24.3 Å². The lowest BCUT2D eigenvalue weighted by Crippen LogP contribution is -2.14. The van der Waals surface area contributed by atoms with Crippen molar-refractivity contribution < 1.29 is 13.3 Å². The van der Waals surface area contributed by atoms with Gasteiger partial charge in [-0.05, 0) is 12.1 Å². The van der Waals surface area contributed by atoms with Gasteiger partial charge in [-0.3, -0.25) is 10.1 Å². The Kier molecular flexibility index (Phi) is 4.99. The molecule has 10 heteroatoms. The third kappa shape index (κ3) is 3.44. The Bertz CT molecular complexity index is 1140. The number of rotatable bonds is 5. The fourth-order valence-electron chi connectivity index (χ4n) is 2.72. The number of fused-ring (bicyclic) bond motifs is 1. The van der Waals surface area contributed by atoms with Gasteiger partial charge in [-0.25, -0.2) is 28.7 Å². The lowest BCUT2D eigenvalue weighted by molar-refractivity contribution is 0.145. The van der Waals surface area contributed by atoms with Gasteiger partial charge in [0.1, 0.15) is 11.4 Å². The average molecular weight is 401 g/mol. The molecule has 3 N–H and O–H groups in total. The molecule has 4 rings (SSSR count). The molecule has 3 heterocycles. The zero-order valence-electron chi connectivity index (χ0n) is 14.4. The fraction of sp³-hybridized carbons (Fsp3) is 0.111. The van der Waals surface area contributed by atoms with Crippen molar-refractivity contribution in [3.63, 3.8) is 0 Å². The van der Waals surface area contributed by atoms with Crippen molar-refractivity contribution in [1.29, 1.82) is 0 Å². The highest BCUT2D eigenvalue weighted by Gasteiger charge is 2.18. The van der Waals surface area contributed by atoms with Crippen LogP contribution in [-0.2, 0) is 11.2 Å². The molecule has 28 heavy (non-hydrogen) atoms. The summed E-state index contributed by atoms with van der Waals surface area (Å²) in [7, 11) is 0. The van der Waals surface area contributed by atoms with E-state index in [0.29, 0.717) is 27.8 Å². The number of nitrogens with two attached hydrogens (primary N) is 1. The van der Waals surface area contributed by atoms with Crippen LogP contribution in [0.3, 0.4) is 0 Å². The summed E-state index contributed by atoms with van der Waals surface area (Å²) in [6.07, 6.45) is 2.93. The SMILES string of the molecule is NC[S+](O)c1cccc(-c2ccnc(-c3cnc4cnc(C(F)F)cn34)n2)c1. The molecule has 1 aromatic carbocycles. The molecule has 7 nitrogen and oxygen atoms in total. The summed E-state index contributed by atoms with van der Waals surface area (Å²) >= 11 is -1.04. The van der Waals surface area contributed by atoms with E-state index >= 15 is 0 Å². The Morgan fingerprint density at radius 1 is 1.14 bits per heavy atom. The number of halogens is 2. The molecule has 0 saturated carbocycles. The van der Waals surface area contributed by atoms with Gasteiger partial charge in [0, 0.05) is 24.0 Å². The molecular formula is C18H15F2N6OS+.